The number of ether oxygens (including phenoxy) is 1. The number of nitrogens with two attached hydrogens (primary N) is 1. The number of aryl methyl sites for hydroxylation is 2. The summed E-state index contributed by atoms with van der Waals surface area (Å²) in [5.41, 5.74) is 9.49. The number of aromatic hydroxyl groups is 1. The molecule has 0 saturated carbocycles. The van der Waals surface area contributed by atoms with E-state index >= 15 is 0 Å². The minimum Gasteiger partial charge on any atom is -0.508 e. The molecule has 2 aromatic rings. The molecular formula is C15H17NO2. The molecular weight excluding hydrogens is 226 g/mol. The van der Waals surface area contributed by atoms with Gasteiger partial charge in [0.2, 0.25) is 0 Å². The molecule has 0 spiro atoms. The topological polar surface area (TPSA) is 55.5 Å². The van der Waals surface area contributed by atoms with Gasteiger partial charge >= 0.3 is 0 Å². The van der Waals surface area contributed by atoms with Gasteiger partial charge in [0.25, 0.3) is 0 Å². The molecule has 3 N–H and O–H groups in total. The van der Waals surface area contributed by atoms with Crippen LogP contribution >= 0.6 is 0 Å². The number of hydrogen-bond acceptors (Lipinski definition) is 3. The van der Waals surface area contributed by atoms with Crippen LogP contribution in [0.15, 0.2) is 36.4 Å². The zero-order chi connectivity index (χ0) is 13.1. The number of nitrogen functional groups attached to an aromatic ring is 1. The predicted molar refractivity (Wildman–Crippen MR) is 72.8 cm³/mol. The lowest BCUT2D eigenvalue weighted by atomic mass is 10.1. The third kappa shape index (κ3) is 2.74. The Hall–Kier alpha value is -2.16. The predicted octanol–water partition coefficient (Wildman–Crippen LogP) is 3.17. The van der Waals surface area contributed by atoms with Crippen LogP contribution in [0.25, 0.3) is 0 Å². The van der Waals surface area contributed by atoms with E-state index in [1.165, 1.54) is 0 Å². The van der Waals surface area contributed by atoms with Crippen molar-refractivity contribution in [2.75, 3.05) is 5.73 Å². The van der Waals surface area contributed by atoms with E-state index in [0.717, 1.165) is 28.1 Å². The summed E-state index contributed by atoms with van der Waals surface area (Å²) in [4.78, 5) is 0. The molecule has 3 heteroatoms. The number of anilines is 1. The van der Waals surface area contributed by atoms with E-state index in [2.05, 4.69) is 0 Å². The van der Waals surface area contributed by atoms with Crippen LogP contribution in [0.3, 0.4) is 0 Å². The van der Waals surface area contributed by atoms with Gasteiger partial charge in [-0.15, -0.1) is 0 Å². The quantitative estimate of drug-likeness (QED) is 0.814. The first-order valence-corrected chi connectivity index (χ1v) is 5.83. The van der Waals surface area contributed by atoms with Gasteiger partial charge in [-0.1, -0.05) is 12.1 Å². The van der Waals surface area contributed by atoms with Gasteiger partial charge in [0.05, 0.1) is 0 Å². The lowest BCUT2D eigenvalue weighted by molar-refractivity contribution is 0.301. The molecule has 0 saturated heterocycles. The molecule has 0 heterocycles. The van der Waals surface area contributed by atoms with E-state index in [0.29, 0.717) is 6.61 Å². The minimum absolute atomic E-state index is 0.252. The Morgan fingerprint density at radius 2 is 1.78 bits per heavy atom. The molecule has 0 aliphatic carbocycles. The SMILES string of the molecule is Cc1cc(N)cc(C)c1OCc1cccc(O)c1. The molecule has 2 aromatic carbocycles. The molecule has 0 unspecified atom stereocenters. The van der Waals surface area contributed by atoms with Gasteiger partial charge in [-0.2, -0.15) is 0 Å². The van der Waals surface area contributed by atoms with Crippen LogP contribution in [0, 0.1) is 13.8 Å². The Morgan fingerprint density at radius 1 is 1.11 bits per heavy atom. The highest BCUT2D eigenvalue weighted by atomic mass is 16.5. The van der Waals surface area contributed by atoms with E-state index in [9.17, 15) is 5.11 Å². The lowest BCUT2D eigenvalue weighted by Crippen LogP contribution is -2.00. The molecule has 0 fully saturated rings. The number of benzene rings is 2. The zero-order valence-electron chi connectivity index (χ0n) is 10.6. The Balaban J connectivity index is 2.16. The van der Waals surface area contributed by atoms with Gasteiger partial charge in [-0.05, 0) is 54.8 Å². The second-order valence-electron chi connectivity index (χ2n) is 4.44. The Kier molecular flexibility index (Phi) is 3.42. The summed E-state index contributed by atoms with van der Waals surface area (Å²) in [5, 5.41) is 9.38. The third-order valence-electron chi connectivity index (χ3n) is 2.78. The van der Waals surface area contributed by atoms with E-state index in [1.54, 1.807) is 18.2 Å². The maximum atomic E-state index is 9.38. The number of hydrogen-bond donors (Lipinski definition) is 2. The summed E-state index contributed by atoms with van der Waals surface area (Å²) in [6, 6.07) is 10.8. The van der Waals surface area contributed by atoms with Crippen molar-refractivity contribution in [3.05, 3.63) is 53.1 Å². The summed E-state index contributed by atoms with van der Waals surface area (Å²) in [6.07, 6.45) is 0. The summed E-state index contributed by atoms with van der Waals surface area (Å²) in [6.45, 7) is 4.38. The van der Waals surface area contributed by atoms with E-state index in [-0.39, 0.29) is 5.75 Å². The molecule has 3 nitrogen and oxygen atoms in total. The number of phenolic OH excluding ortho intramolecular Hbond substituents is 1. The second kappa shape index (κ2) is 5.00. The van der Waals surface area contributed by atoms with Crippen molar-refractivity contribution < 1.29 is 9.84 Å². The molecule has 0 aliphatic heterocycles. The Labute approximate surface area is 107 Å². The van der Waals surface area contributed by atoms with Crippen molar-refractivity contribution in [3.63, 3.8) is 0 Å². The van der Waals surface area contributed by atoms with Gasteiger partial charge in [-0.25, -0.2) is 0 Å². The molecule has 18 heavy (non-hydrogen) atoms. The van der Waals surface area contributed by atoms with Gasteiger partial charge < -0.3 is 15.6 Å². The fraction of sp³-hybridized carbons (Fsp3) is 0.200. The van der Waals surface area contributed by atoms with Crippen LogP contribution in [-0.2, 0) is 6.61 Å². The highest BCUT2D eigenvalue weighted by molar-refractivity contribution is 5.52. The molecule has 0 amide bonds. The van der Waals surface area contributed by atoms with Gasteiger partial charge in [0.15, 0.2) is 0 Å². The van der Waals surface area contributed by atoms with E-state index < -0.39 is 0 Å². The molecule has 0 aliphatic rings. The van der Waals surface area contributed by atoms with Crippen molar-refractivity contribution in [2.45, 2.75) is 20.5 Å². The van der Waals surface area contributed by atoms with Gasteiger partial charge in [0.1, 0.15) is 18.1 Å². The highest BCUT2D eigenvalue weighted by Crippen LogP contribution is 2.26. The second-order valence-corrected chi connectivity index (χ2v) is 4.44. The van der Waals surface area contributed by atoms with Crippen LogP contribution in [0.5, 0.6) is 11.5 Å². The smallest absolute Gasteiger partial charge is 0.125 e. The molecule has 0 atom stereocenters. The third-order valence-corrected chi connectivity index (χ3v) is 2.78. The van der Waals surface area contributed by atoms with Crippen LogP contribution in [0.4, 0.5) is 5.69 Å². The first-order chi connectivity index (χ1) is 8.56. The maximum Gasteiger partial charge on any atom is 0.125 e. The lowest BCUT2D eigenvalue weighted by Gasteiger charge is -2.13. The monoisotopic (exact) mass is 243 g/mol. The van der Waals surface area contributed by atoms with Crippen LogP contribution in [0.2, 0.25) is 0 Å². The van der Waals surface area contributed by atoms with Gasteiger partial charge in [0, 0.05) is 5.69 Å². The van der Waals surface area contributed by atoms with Crippen LogP contribution in [0.1, 0.15) is 16.7 Å². The maximum absolute atomic E-state index is 9.38. The molecule has 0 radical (unpaired) electrons. The van der Waals surface area contributed by atoms with Gasteiger partial charge in [-0.3, -0.25) is 0 Å². The fourth-order valence-corrected chi connectivity index (χ4v) is 2.01. The summed E-state index contributed by atoms with van der Waals surface area (Å²) < 4.78 is 5.80. The first kappa shape index (κ1) is 12.3. The summed E-state index contributed by atoms with van der Waals surface area (Å²) in [7, 11) is 0. The van der Waals surface area contributed by atoms with Crippen molar-refractivity contribution >= 4 is 5.69 Å². The van der Waals surface area contributed by atoms with Crippen molar-refractivity contribution in [1.29, 1.82) is 0 Å². The van der Waals surface area contributed by atoms with Crippen LogP contribution in [-0.4, -0.2) is 5.11 Å². The van der Waals surface area contributed by atoms with Crippen LogP contribution < -0.4 is 10.5 Å². The zero-order valence-corrected chi connectivity index (χ0v) is 10.6. The van der Waals surface area contributed by atoms with Crippen molar-refractivity contribution in [3.8, 4) is 11.5 Å². The molecule has 0 bridgehead atoms. The average Bonchev–Trinajstić information content (AvgIpc) is 2.27. The normalized spacial score (nSPS) is 10.3. The largest absolute Gasteiger partial charge is 0.508 e. The molecule has 94 valence electrons. The highest BCUT2D eigenvalue weighted by Gasteiger charge is 2.05. The van der Waals surface area contributed by atoms with E-state index in [1.807, 2.05) is 32.0 Å². The molecule has 0 aromatic heterocycles. The number of rotatable bonds is 3. The summed E-state index contributed by atoms with van der Waals surface area (Å²) in [5.74, 6) is 1.11. The van der Waals surface area contributed by atoms with Crippen molar-refractivity contribution in [2.24, 2.45) is 0 Å². The summed E-state index contributed by atoms with van der Waals surface area (Å²) >= 11 is 0. The van der Waals surface area contributed by atoms with E-state index in [4.69, 9.17) is 10.5 Å². The standard InChI is InChI=1S/C15H17NO2/c1-10-6-13(16)7-11(2)15(10)18-9-12-4-3-5-14(17)8-12/h3-8,17H,9,16H2,1-2H3. The average molecular weight is 243 g/mol. The molecule has 2 rings (SSSR count). The van der Waals surface area contributed by atoms with Crippen molar-refractivity contribution in [1.82, 2.24) is 0 Å². The fourth-order valence-electron chi connectivity index (χ4n) is 2.01. The number of phenols is 1. The minimum atomic E-state index is 0.252. The Morgan fingerprint density at radius 3 is 2.39 bits per heavy atom. The first-order valence-electron chi connectivity index (χ1n) is 5.83. The Bertz CT molecular complexity index is 541.